The summed E-state index contributed by atoms with van der Waals surface area (Å²) in [5, 5.41) is 0.521. The van der Waals surface area contributed by atoms with Gasteiger partial charge in [0.05, 0.1) is 4.90 Å². The third kappa shape index (κ3) is 4.98. The summed E-state index contributed by atoms with van der Waals surface area (Å²) in [5.41, 5.74) is 1.96. The van der Waals surface area contributed by atoms with Crippen LogP contribution >= 0.6 is 11.6 Å². The van der Waals surface area contributed by atoms with Crippen LogP contribution in [0, 0.1) is 0 Å². The van der Waals surface area contributed by atoms with Gasteiger partial charge in [0.15, 0.2) is 0 Å². The second-order valence-electron chi connectivity index (χ2n) is 7.12. The van der Waals surface area contributed by atoms with E-state index in [1.54, 1.807) is 53.7 Å². The number of anilines is 2. The molecule has 1 aromatic heterocycles. The Morgan fingerprint density at radius 3 is 2.10 bits per heavy atom. The van der Waals surface area contributed by atoms with Crippen molar-refractivity contribution in [2.24, 2.45) is 0 Å². The van der Waals surface area contributed by atoms with Gasteiger partial charge >= 0.3 is 0 Å². The number of nitrogens with one attached hydrogen (secondary N) is 1. The van der Waals surface area contributed by atoms with E-state index < -0.39 is 10.0 Å². The summed E-state index contributed by atoms with van der Waals surface area (Å²) in [7, 11) is -3.76. The molecule has 2 heterocycles. The van der Waals surface area contributed by atoms with Crippen molar-refractivity contribution in [3.05, 3.63) is 83.6 Å². The number of amides is 1. The van der Waals surface area contributed by atoms with Crippen molar-refractivity contribution >= 4 is 38.9 Å². The second kappa shape index (κ2) is 8.95. The molecule has 0 radical (unpaired) electrons. The van der Waals surface area contributed by atoms with Crippen molar-refractivity contribution in [3.8, 4) is 0 Å². The minimum Gasteiger partial charge on any atom is -0.368 e. The minimum absolute atomic E-state index is 0.0847. The predicted octanol–water partition coefficient (Wildman–Crippen LogP) is 3.50. The van der Waals surface area contributed by atoms with Crippen LogP contribution in [0.25, 0.3) is 0 Å². The molecule has 0 spiro atoms. The molecule has 0 unspecified atom stereocenters. The van der Waals surface area contributed by atoms with Crippen LogP contribution in [0.3, 0.4) is 0 Å². The van der Waals surface area contributed by atoms with Gasteiger partial charge in [-0.2, -0.15) is 0 Å². The topological polar surface area (TPSA) is 82.6 Å². The fraction of sp³-hybridized carbons (Fsp3) is 0.182. The number of halogens is 1. The lowest BCUT2D eigenvalue weighted by Crippen LogP contribution is -2.48. The first-order chi connectivity index (χ1) is 14.9. The lowest BCUT2D eigenvalue weighted by Gasteiger charge is -2.36. The van der Waals surface area contributed by atoms with E-state index in [4.69, 9.17) is 11.6 Å². The van der Waals surface area contributed by atoms with Gasteiger partial charge in [-0.15, -0.1) is 0 Å². The molecular weight excluding hydrogens is 436 g/mol. The first kappa shape index (κ1) is 21.1. The zero-order valence-electron chi connectivity index (χ0n) is 16.6. The van der Waals surface area contributed by atoms with E-state index in [1.807, 2.05) is 12.1 Å². The number of pyridine rings is 1. The van der Waals surface area contributed by atoms with Gasteiger partial charge in [0.1, 0.15) is 0 Å². The summed E-state index contributed by atoms with van der Waals surface area (Å²) in [4.78, 5) is 21.0. The molecule has 1 fully saturated rings. The van der Waals surface area contributed by atoms with Crippen LogP contribution < -0.4 is 9.62 Å². The summed E-state index contributed by atoms with van der Waals surface area (Å²) in [6, 6.07) is 16.3. The van der Waals surface area contributed by atoms with Crippen molar-refractivity contribution < 1.29 is 13.2 Å². The van der Waals surface area contributed by atoms with Crippen LogP contribution in [0.4, 0.5) is 11.4 Å². The van der Waals surface area contributed by atoms with E-state index in [-0.39, 0.29) is 10.8 Å². The molecule has 0 saturated carbocycles. The lowest BCUT2D eigenvalue weighted by molar-refractivity contribution is 0.0746. The van der Waals surface area contributed by atoms with Gasteiger partial charge in [0.2, 0.25) is 0 Å². The molecule has 1 aliphatic rings. The molecule has 4 rings (SSSR count). The van der Waals surface area contributed by atoms with E-state index in [2.05, 4.69) is 14.6 Å². The largest absolute Gasteiger partial charge is 0.368 e. The number of carbonyl (C=O) groups is 1. The highest BCUT2D eigenvalue weighted by atomic mass is 35.5. The van der Waals surface area contributed by atoms with Crippen LogP contribution in [0.15, 0.2) is 78.0 Å². The summed E-state index contributed by atoms with van der Waals surface area (Å²) in [5.74, 6) is -0.107. The number of hydrogen-bond acceptors (Lipinski definition) is 5. The maximum Gasteiger partial charge on any atom is 0.261 e. The van der Waals surface area contributed by atoms with Crippen molar-refractivity contribution in [2.45, 2.75) is 4.90 Å². The standard InChI is InChI=1S/C22H21ClN4O3S/c23-18-3-5-19(6-4-18)25-31(29,30)21-7-1-17(2-8-21)22(28)27-15-13-26(14-16-27)20-9-11-24-12-10-20/h1-12,25H,13-16H2. The number of carbonyl (C=O) groups excluding carboxylic acids is 1. The minimum atomic E-state index is -3.76. The van der Waals surface area contributed by atoms with Gasteiger partial charge < -0.3 is 9.80 Å². The lowest BCUT2D eigenvalue weighted by atomic mass is 10.2. The number of sulfonamides is 1. The molecule has 0 atom stereocenters. The molecule has 1 saturated heterocycles. The zero-order chi connectivity index (χ0) is 21.8. The van der Waals surface area contributed by atoms with Crippen LogP contribution in [-0.4, -0.2) is 50.4 Å². The second-order valence-corrected chi connectivity index (χ2v) is 9.24. The van der Waals surface area contributed by atoms with E-state index >= 15 is 0 Å². The highest BCUT2D eigenvalue weighted by Crippen LogP contribution is 2.20. The highest BCUT2D eigenvalue weighted by molar-refractivity contribution is 7.92. The van der Waals surface area contributed by atoms with Gasteiger partial charge in [0, 0.05) is 60.5 Å². The third-order valence-electron chi connectivity index (χ3n) is 5.10. The smallest absolute Gasteiger partial charge is 0.261 e. The Balaban J connectivity index is 1.39. The highest BCUT2D eigenvalue weighted by Gasteiger charge is 2.23. The Labute approximate surface area is 186 Å². The van der Waals surface area contributed by atoms with Gasteiger partial charge in [-0.25, -0.2) is 8.42 Å². The van der Waals surface area contributed by atoms with Crippen LogP contribution in [0.1, 0.15) is 10.4 Å². The molecule has 9 heteroatoms. The molecule has 0 bridgehead atoms. The molecule has 2 aromatic carbocycles. The molecule has 0 aliphatic carbocycles. The van der Waals surface area contributed by atoms with Crippen molar-refractivity contribution in [2.75, 3.05) is 35.8 Å². The van der Waals surface area contributed by atoms with Gasteiger partial charge in [-0.3, -0.25) is 14.5 Å². The van der Waals surface area contributed by atoms with Crippen molar-refractivity contribution in [1.82, 2.24) is 9.88 Å². The van der Waals surface area contributed by atoms with E-state index in [0.717, 1.165) is 18.8 Å². The molecule has 1 aliphatic heterocycles. The van der Waals surface area contributed by atoms with E-state index in [9.17, 15) is 13.2 Å². The number of benzene rings is 2. The molecule has 160 valence electrons. The summed E-state index contributed by atoms with van der Waals surface area (Å²) in [6.45, 7) is 2.65. The van der Waals surface area contributed by atoms with Gasteiger partial charge in [-0.1, -0.05) is 11.6 Å². The van der Waals surface area contributed by atoms with E-state index in [1.165, 1.54) is 12.1 Å². The van der Waals surface area contributed by atoms with Gasteiger partial charge in [-0.05, 0) is 60.7 Å². The van der Waals surface area contributed by atoms with Crippen molar-refractivity contribution in [1.29, 1.82) is 0 Å². The molecule has 1 N–H and O–H groups in total. The average Bonchev–Trinajstić information content (AvgIpc) is 2.81. The summed E-state index contributed by atoms with van der Waals surface area (Å²) < 4.78 is 27.7. The number of aromatic nitrogens is 1. The number of nitrogens with zero attached hydrogens (tertiary/aromatic N) is 3. The normalized spacial score (nSPS) is 14.4. The Hall–Kier alpha value is -3.10. The third-order valence-corrected chi connectivity index (χ3v) is 6.75. The zero-order valence-corrected chi connectivity index (χ0v) is 18.2. The molecule has 3 aromatic rings. The molecule has 7 nitrogen and oxygen atoms in total. The van der Waals surface area contributed by atoms with Crippen LogP contribution in [0.5, 0.6) is 0 Å². The van der Waals surface area contributed by atoms with E-state index in [0.29, 0.717) is 29.4 Å². The fourth-order valence-corrected chi connectivity index (χ4v) is 4.60. The number of hydrogen-bond donors (Lipinski definition) is 1. The molecule has 31 heavy (non-hydrogen) atoms. The van der Waals surface area contributed by atoms with Gasteiger partial charge in [0.25, 0.3) is 15.9 Å². The van der Waals surface area contributed by atoms with Crippen LogP contribution in [-0.2, 0) is 10.0 Å². The Morgan fingerprint density at radius 1 is 0.871 bits per heavy atom. The predicted molar refractivity (Wildman–Crippen MR) is 121 cm³/mol. The van der Waals surface area contributed by atoms with Crippen LogP contribution in [0.2, 0.25) is 5.02 Å². The summed E-state index contributed by atoms with van der Waals surface area (Å²) in [6.07, 6.45) is 3.51. The first-order valence-corrected chi connectivity index (χ1v) is 11.6. The molecule has 1 amide bonds. The Morgan fingerprint density at radius 2 is 1.48 bits per heavy atom. The first-order valence-electron chi connectivity index (χ1n) is 9.75. The average molecular weight is 457 g/mol. The quantitative estimate of drug-likeness (QED) is 0.635. The number of rotatable bonds is 5. The maximum atomic E-state index is 12.8. The SMILES string of the molecule is O=C(c1ccc(S(=O)(=O)Nc2ccc(Cl)cc2)cc1)N1CCN(c2ccncc2)CC1. The monoisotopic (exact) mass is 456 g/mol. The maximum absolute atomic E-state index is 12.8. The number of piperazine rings is 1. The summed E-state index contributed by atoms with van der Waals surface area (Å²) >= 11 is 5.83. The fourth-order valence-electron chi connectivity index (χ4n) is 3.41. The van der Waals surface area contributed by atoms with Crippen molar-refractivity contribution in [3.63, 3.8) is 0 Å². The molecular formula is C22H21ClN4O3S. The Kier molecular flexibility index (Phi) is 6.11. The Bertz CT molecular complexity index is 1150.